The third kappa shape index (κ3) is 2.53. The molecule has 5 aromatic carbocycles. The molecule has 3 heterocycles. The first-order valence-electron chi connectivity index (χ1n) is 11.7. The molecule has 0 bridgehead atoms. The molecular formula is C31H19N3O. The van der Waals surface area contributed by atoms with Crippen molar-refractivity contribution in [2.24, 2.45) is 0 Å². The Hall–Kier alpha value is -4.83. The van der Waals surface area contributed by atoms with Gasteiger partial charge in [-0.1, -0.05) is 54.6 Å². The Morgan fingerprint density at radius 1 is 0.571 bits per heavy atom. The summed E-state index contributed by atoms with van der Waals surface area (Å²) in [5, 5.41) is 2.54. The van der Waals surface area contributed by atoms with Crippen molar-refractivity contribution in [3.63, 3.8) is 0 Å². The molecule has 0 spiro atoms. The van der Waals surface area contributed by atoms with Crippen molar-refractivity contribution in [2.75, 3.05) is 4.90 Å². The van der Waals surface area contributed by atoms with E-state index in [2.05, 4.69) is 105 Å². The third-order valence-corrected chi connectivity index (χ3v) is 6.94. The number of oxazole rings is 1. The van der Waals surface area contributed by atoms with Gasteiger partial charge in [0, 0.05) is 22.0 Å². The van der Waals surface area contributed by atoms with E-state index in [4.69, 9.17) is 4.42 Å². The van der Waals surface area contributed by atoms with E-state index in [0.717, 1.165) is 28.0 Å². The van der Waals surface area contributed by atoms with E-state index >= 15 is 0 Å². The molecule has 0 saturated heterocycles. The summed E-state index contributed by atoms with van der Waals surface area (Å²) in [7, 11) is 0. The van der Waals surface area contributed by atoms with Gasteiger partial charge in [-0.2, -0.15) is 0 Å². The Bertz CT molecular complexity index is 1880. The van der Waals surface area contributed by atoms with E-state index in [0.29, 0.717) is 5.89 Å². The molecule has 0 saturated carbocycles. The van der Waals surface area contributed by atoms with Gasteiger partial charge in [0.15, 0.2) is 5.58 Å². The molecule has 0 aliphatic carbocycles. The van der Waals surface area contributed by atoms with Crippen molar-refractivity contribution in [2.45, 2.75) is 0 Å². The predicted molar refractivity (Wildman–Crippen MR) is 142 cm³/mol. The Kier molecular flexibility index (Phi) is 3.63. The predicted octanol–water partition coefficient (Wildman–Crippen LogP) is 8.38. The number of aromatic nitrogens is 2. The molecule has 1 aliphatic rings. The van der Waals surface area contributed by atoms with Gasteiger partial charge >= 0.3 is 0 Å². The van der Waals surface area contributed by atoms with Gasteiger partial charge in [0.05, 0.1) is 28.1 Å². The van der Waals surface area contributed by atoms with E-state index in [1.807, 2.05) is 24.3 Å². The summed E-state index contributed by atoms with van der Waals surface area (Å²) in [5.74, 6) is 0.638. The van der Waals surface area contributed by atoms with Crippen molar-refractivity contribution in [1.29, 1.82) is 0 Å². The van der Waals surface area contributed by atoms with Crippen molar-refractivity contribution in [1.82, 2.24) is 9.55 Å². The van der Waals surface area contributed by atoms with Crippen LogP contribution in [0.5, 0.6) is 0 Å². The first-order chi connectivity index (χ1) is 17.4. The van der Waals surface area contributed by atoms with Crippen LogP contribution in [0.3, 0.4) is 0 Å². The van der Waals surface area contributed by atoms with E-state index < -0.39 is 0 Å². The molecule has 8 rings (SSSR count). The lowest BCUT2D eigenvalue weighted by Crippen LogP contribution is -2.17. The fourth-order valence-electron chi connectivity index (χ4n) is 5.43. The molecule has 35 heavy (non-hydrogen) atoms. The second kappa shape index (κ2) is 6.84. The zero-order valence-electron chi connectivity index (χ0n) is 18.7. The highest BCUT2D eigenvalue weighted by molar-refractivity contribution is 6.16. The molecule has 164 valence electrons. The molecular weight excluding hydrogens is 430 g/mol. The van der Waals surface area contributed by atoms with Crippen LogP contribution in [0.15, 0.2) is 120 Å². The van der Waals surface area contributed by atoms with Crippen molar-refractivity contribution in [3.05, 3.63) is 115 Å². The number of anilines is 3. The Labute approximate surface area is 201 Å². The summed E-state index contributed by atoms with van der Waals surface area (Å²) < 4.78 is 8.40. The molecule has 0 amide bonds. The third-order valence-electron chi connectivity index (χ3n) is 6.94. The summed E-state index contributed by atoms with van der Waals surface area (Å²) in [6.45, 7) is 0. The zero-order chi connectivity index (χ0) is 22.9. The molecule has 0 radical (unpaired) electrons. The zero-order valence-corrected chi connectivity index (χ0v) is 18.7. The average Bonchev–Trinajstić information content (AvgIpc) is 3.50. The lowest BCUT2D eigenvalue weighted by molar-refractivity contribution is 0.620. The van der Waals surface area contributed by atoms with Gasteiger partial charge in [-0.05, 0) is 60.7 Å². The highest BCUT2D eigenvalue weighted by Gasteiger charge is 2.28. The summed E-state index contributed by atoms with van der Waals surface area (Å²) in [5.41, 5.74) is 9.70. The quantitative estimate of drug-likeness (QED) is 0.266. The number of hydrogen-bond donors (Lipinski definition) is 0. The first-order valence-corrected chi connectivity index (χ1v) is 11.7. The first kappa shape index (κ1) is 18.6. The maximum atomic E-state index is 5.99. The topological polar surface area (TPSA) is 34.2 Å². The number of rotatable bonds is 2. The SMILES string of the molecule is c1ccc2c(c1)N(c1ccc(-c3nc4ccccc4o3)cc1)c1cccc3c4ccccc4n-2c13. The van der Waals surface area contributed by atoms with Gasteiger partial charge in [-0.25, -0.2) is 4.98 Å². The molecule has 1 aliphatic heterocycles. The molecule has 0 atom stereocenters. The molecule has 2 aromatic heterocycles. The van der Waals surface area contributed by atoms with Gasteiger partial charge in [-0.3, -0.25) is 0 Å². The van der Waals surface area contributed by atoms with Gasteiger partial charge in [0.1, 0.15) is 5.52 Å². The highest BCUT2D eigenvalue weighted by Crippen LogP contribution is 2.49. The minimum Gasteiger partial charge on any atom is -0.436 e. The lowest BCUT2D eigenvalue weighted by Gasteiger charge is -2.33. The van der Waals surface area contributed by atoms with Crippen LogP contribution < -0.4 is 4.90 Å². The Balaban J connectivity index is 1.34. The van der Waals surface area contributed by atoms with E-state index in [1.165, 1.54) is 33.2 Å². The second-order valence-corrected chi connectivity index (χ2v) is 8.88. The van der Waals surface area contributed by atoms with E-state index in [-0.39, 0.29) is 0 Å². The molecule has 7 aromatic rings. The van der Waals surface area contributed by atoms with Gasteiger partial charge in [-0.15, -0.1) is 0 Å². The summed E-state index contributed by atoms with van der Waals surface area (Å²) in [4.78, 5) is 7.02. The molecule has 0 fully saturated rings. The van der Waals surface area contributed by atoms with Crippen LogP contribution >= 0.6 is 0 Å². The Morgan fingerprint density at radius 3 is 2.17 bits per heavy atom. The van der Waals surface area contributed by atoms with E-state index in [1.54, 1.807) is 0 Å². The number of nitrogens with zero attached hydrogens (tertiary/aromatic N) is 3. The van der Waals surface area contributed by atoms with Crippen molar-refractivity contribution < 1.29 is 4.42 Å². The minimum absolute atomic E-state index is 0.638. The van der Waals surface area contributed by atoms with Crippen LogP contribution in [-0.2, 0) is 0 Å². The van der Waals surface area contributed by atoms with Crippen molar-refractivity contribution in [3.8, 4) is 17.1 Å². The monoisotopic (exact) mass is 449 g/mol. The van der Waals surface area contributed by atoms with Gasteiger partial charge in [0.25, 0.3) is 0 Å². The van der Waals surface area contributed by atoms with Gasteiger partial charge in [0.2, 0.25) is 5.89 Å². The molecule has 0 N–H and O–H groups in total. The number of hydrogen-bond acceptors (Lipinski definition) is 3. The van der Waals surface area contributed by atoms with Crippen LogP contribution in [-0.4, -0.2) is 9.55 Å². The lowest BCUT2D eigenvalue weighted by atomic mass is 10.1. The fourth-order valence-corrected chi connectivity index (χ4v) is 5.43. The van der Waals surface area contributed by atoms with Crippen LogP contribution in [0.25, 0.3) is 50.0 Å². The average molecular weight is 450 g/mol. The standard InChI is InChI=1S/C31H19N3O/c1-3-11-25-22(8-1)23-9-7-14-28-30(23)34(25)27-13-5-4-12-26(27)33(28)21-18-16-20(17-19-21)31-32-24-10-2-6-15-29(24)35-31/h1-19H. The number of fused-ring (bicyclic) bond motifs is 6. The fraction of sp³-hybridized carbons (Fsp3) is 0. The molecule has 4 nitrogen and oxygen atoms in total. The molecule has 0 unspecified atom stereocenters. The minimum atomic E-state index is 0.638. The maximum Gasteiger partial charge on any atom is 0.227 e. The second-order valence-electron chi connectivity index (χ2n) is 8.88. The molecule has 4 heteroatoms. The summed E-state index contributed by atoms with van der Waals surface area (Å²) in [6.07, 6.45) is 0. The number of para-hydroxylation sites is 6. The Morgan fingerprint density at radius 2 is 1.29 bits per heavy atom. The van der Waals surface area contributed by atoms with Gasteiger partial charge < -0.3 is 13.9 Å². The number of benzene rings is 5. The smallest absolute Gasteiger partial charge is 0.227 e. The van der Waals surface area contributed by atoms with Crippen LogP contribution in [0.2, 0.25) is 0 Å². The largest absolute Gasteiger partial charge is 0.436 e. The van der Waals surface area contributed by atoms with Crippen molar-refractivity contribution >= 4 is 50.0 Å². The van der Waals surface area contributed by atoms with Crippen LogP contribution in [0, 0.1) is 0 Å². The normalized spacial score (nSPS) is 12.5. The van der Waals surface area contributed by atoms with E-state index in [9.17, 15) is 0 Å². The maximum absolute atomic E-state index is 5.99. The van der Waals surface area contributed by atoms with Crippen LogP contribution in [0.4, 0.5) is 17.1 Å². The van der Waals surface area contributed by atoms with Crippen LogP contribution in [0.1, 0.15) is 0 Å². The summed E-state index contributed by atoms with van der Waals surface area (Å²) in [6, 6.07) is 40.2. The highest BCUT2D eigenvalue weighted by atomic mass is 16.3. The summed E-state index contributed by atoms with van der Waals surface area (Å²) >= 11 is 0.